The van der Waals surface area contributed by atoms with Crippen LogP contribution in [0.4, 0.5) is 4.79 Å². The minimum atomic E-state index is -1.01. The smallest absolute Gasteiger partial charge is 0.415 e. The zero-order valence-corrected chi connectivity index (χ0v) is 24.1. The molecule has 8 nitrogen and oxygen atoms in total. The van der Waals surface area contributed by atoms with Crippen molar-refractivity contribution in [2.45, 2.75) is 26.1 Å². The molecule has 0 aliphatic carbocycles. The van der Waals surface area contributed by atoms with Gasteiger partial charge in [0.15, 0.2) is 11.9 Å². The summed E-state index contributed by atoms with van der Waals surface area (Å²) in [7, 11) is 0. The molecule has 11 heteroatoms. The number of aliphatic carboxylic acids is 1. The molecule has 0 aliphatic rings. The van der Waals surface area contributed by atoms with Gasteiger partial charge in [-0.05, 0) is 60.5 Å². The van der Waals surface area contributed by atoms with Crippen LogP contribution in [0.15, 0.2) is 66.7 Å². The van der Waals surface area contributed by atoms with Gasteiger partial charge in [-0.15, -0.1) is 0 Å². The van der Waals surface area contributed by atoms with Crippen molar-refractivity contribution in [3.8, 4) is 11.5 Å². The Morgan fingerprint density at radius 3 is 2.23 bits per heavy atom. The van der Waals surface area contributed by atoms with Gasteiger partial charge in [0.1, 0.15) is 12.4 Å². The van der Waals surface area contributed by atoms with E-state index in [2.05, 4.69) is 0 Å². The van der Waals surface area contributed by atoms with Gasteiger partial charge in [-0.3, -0.25) is 0 Å². The summed E-state index contributed by atoms with van der Waals surface area (Å²) in [5.41, 5.74) is 1.61. The lowest BCUT2D eigenvalue weighted by Gasteiger charge is -2.22. The Bertz CT molecular complexity index is 1240. The van der Waals surface area contributed by atoms with Crippen molar-refractivity contribution < 1.29 is 33.6 Å². The van der Waals surface area contributed by atoms with Crippen molar-refractivity contribution in [1.29, 1.82) is 0 Å². The van der Waals surface area contributed by atoms with Crippen molar-refractivity contribution in [3.05, 3.63) is 92.9 Å². The highest BCUT2D eigenvalue weighted by atomic mass is 35.5. The molecular weight excluding hydrogens is 581 g/mol. The average Bonchev–Trinajstić information content (AvgIpc) is 2.91. The third-order valence-electron chi connectivity index (χ3n) is 5.61. The standard InChI is InChI=1S/C29H30Cl3NO7/c1-2-38-27(28(34)35)17-20-7-9-24(10-8-20)39-14-12-33(29(36)40-26-6-4-3-5-25(26)32)11-13-37-19-21-15-22(30)18-23(31)16-21/h3-10,15-16,18,27H,2,11-14,17,19H2,1H3,(H,34,35). The molecule has 0 aromatic heterocycles. The molecule has 1 atom stereocenters. The lowest BCUT2D eigenvalue weighted by Crippen LogP contribution is -2.39. The molecule has 1 N–H and O–H groups in total. The molecule has 0 saturated heterocycles. The van der Waals surface area contributed by atoms with Gasteiger partial charge in [-0.25, -0.2) is 9.59 Å². The Balaban J connectivity index is 1.56. The Hall–Kier alpha value is -3.01. The summed E-state index contributed by atoms with van der Waals surface area (Å²) in [6.45, 7) is 3.17. The number of nitrogens with zero attached hydrogens (tertiary/aromatic N) is 1. The van der Waals surface area contributed by atoms with E-state index in [1.165, 1.54) is 4.90 Å². The summed E-state index contributed by atoms with van der Waals surface area (Å²) < 4.78 is 22.3. The van der Waals surface area contributed by atoms with Gasteiger partial charge in [0.05, 0.1) is 24.8 Å². The van der Waals surface area contributed by atoms with Gasteiger partial charge in [0.25, 0.3) is 0 Å². The number of hydrogen-bond donors (Lipinski definition) is 1. The van der Waals surface area contributed by atoms with Crippen LogP contribution >= 0.6 is 34.8 Å². The number of amides is 1. The monoisotopic (exact) mass is 609 g/mol. The normalized spacial score (nSPS) is 11.6. The minimum Gasteiger partial charge on any atom is -0.492 e. The average molecular weight is 611 g/mol. The highest BCUT2D eigenvalue weighted by Crippen LogP contribution is 2.24. The maximum atomic E-state index is 13.0. The second-order valence-corrected chi connectivity index (χ2v) is 9.87. The second kappa shape index (κ2) is 16.3. The van der Waals surface area contributed by atoms with E-state index < -0.39 is 18.2 Å². The first-order valence-electron chi connectivity index (χ1n) is 12.5. The molecule has 3 rings (SSSR count). The maximum Gasteiger partial charge on any atom is 0.415 e. The molecule has 0 heterocycles. The number of carbonyl (C=O) groups is 2. The quantitative estimate of drug-likeness (QED) is 0.190. The third-order valence-corrected chi connectivity index (χ3v) is 6.36. The molecule has 0 fully saturated rings. The predicted molar refractivity (Wildman–Crippen MR) is 154 cm³/mol. The van der Waals surface area contributed by atoms with Gasteiger partial charge in [-0.1, -0.05) is 59.1 Å². The highest BCUT2D eigenvalue weighted by molar-refractivity contribution is 6.34. The fourth-order valence-electron chi connectivity index (χ4n) is 3.67. The van der Waals surface area contributed by atoms with E-state index in [1.807, 2.05) is 0 Å². The largest absolute Gasteiger partial charge is 0.492 e. The summed E-state index contributed by atoms with van der Waals surface area (Å²) >= 11 is 18.2. The van der Waals surface area contributed by atoms with Crippen molar-refractivity contribution in [1.82, 2.24) is 4.90 Å². The number of carbonyl (C=O) groups excluding carboxylic acids is 1. The predicted octanol–water partition coefficient (Wildman–Crippen LogP) is 6.78. The lowest BCUT2D eigenvalue weighted by molar-refractivity contribution is -0.149. The Morgan fingerprint density at radius 1 is 0.900 bits per heavy atom. The van der Waals surface area contributed by atoms with Crippen LogP contribution in [0.3, 0.4) is 0 Å². The van der Waals surface area contributed by atoms with E-state index in [0.29, 0.717) is 27.4 Å². The lowest BCUT2D eigenvalue weighted by atomic mass is 10.1. The van der Waals surface area contributed by atoms with E-state index in [9.17, 15) is 14.7 Å². The van der Waals surface area contributed by atoms with Gasteiger partial charge in [-0.2, -0.15) is 0 Å². The molecule has 0 aliphatic heterocycles. The van der Waals surface area contributed by atoms with Crippen LogP contribution in [-0.2, 0) is 27.3 Å². The van der Waals surface area contributed by atoms with E-state index in [1.54, 1.807) is 73.7 Å². The number of carboxylic acids is 1. The summed E-state index contributed by atoms with van der Waals surface area (Å²) in [5.74, 6) is -0.191. The van der Waals surface area contributed by atoms with Crippen LogP contribution in [0.2, 0.25) is 15.1 Å². The van der Waals surface area contributed by atoms with Gasteiger partial charge >= 0.3 is 12.1 Å². The zero-order chi connectivity index (χ0) is 28.9. The Kier molecular flexibility index (Phi) is 12.8. The van der Waals surface area contributed by atoms with E-state index in [4.69, 9.17) is 53.8 Å². The van der Waals surface area contributed by atoms with Gasteiger partial charge in [0, 0.05) is 29.6 Å². The first kappa shape index (κ1) is 31.5. The molecule has 0 spiro atoms. The molecule has 0 bridgehead atoms. The molecule has 1 unspecified atom stereocenters. The SMILES string of the molecule is CCOC(Cc1ccc(OCCN(CCOCc2cc(Cl)cc(Cl)c2)C(=O)Oc2ccccc2Cl)cc1)C(=O)O. The van der Waals surface area contributed by atoms with Crippen molar-refractivity contribution in [2.75, 3.05) is 32.9 Å². The molecule has 40 heavy (non-hydrogen) atoms. The summed E-state index contributed by atoms with van der Waals surface area (Å²) in [6.07, 6.45) is -1.27. The topological polar surface area (TPSA) is 94.5 Å². The van der Waals surface area contributed by atoms with Crippen LogP contribution in [-0.4, -0.2) is 61.1 Å². The molecule has 3 aromatic rings. The van der Waals surface area contributed by atoms with Gasteiger partial charge < -0.3 is 29.0 Å². The fraction of sp³-hybridized carbons (Fsp3) is 0.310. The van der Waals surface area contributed by atoms with E-state index in [-0.39, 0.29) is 45.1 Å². The van der Waals surface area contributed by atoms with E-state index in [0.717, 1.165) is 11.1 Å². The number of rotatable bonds is 15. The first-order valence-corrected chi connectivity index (χ1v) is 13.7. The number of halogens is 3. The zero-order valence-electron chi connectivity index (χ0n) is 21.9. The molecule has 0 saturated carbocycles. The molecule has 1 amide bonds. The van der Waals surface area contributed by atoms with Crippen LogP contribution in [0, 0.1) is 0 Å². The van der Waals surface area contributed by atoms with Crippen LogP contribution < -0.4 is 9.47 Å². The summed E-state index contributed by atoms with van der Waals surface area (Å²) in [4.78, 5) is 25.7. The number of benzene rings is 3. The summed E-state index contributed by atoms with van der Waals surface area (Å²) in [5, 5.41) is 10.6. The van der Waals surface area contributed by atoms with Crippen LogP contribution in [0.5, 0.6) is 11.5 Å². The number of hydrogen-bond acceptors (Lipinski definition) is 6. The molecule has 0 radical (unpaired) electrons. The van der Waals surface area contributed by atoms with Crippen LogP contribution in [0.1, 0.15) is 18.1 Å². The summed E-state index contributed by atoms with van der Waals surface area (Å²) in [6, 6.07) is 18.9. The minimum absolute atomic E-state index is 0.178. The maximum absolute atomic E-state index is 13.0. The first-order chi connectivity index (χ1) is 19.2. The van der Waals surface area contributed by atoms with Crippen molar-refractivity contribution >= 4 is 46.9 Å². The highest BCUT2D eigenvalue weighted by Gasteiger charge is 2.19. The Morgan fingerprint density at radius 2 is 1.57 bits per heavy atom. The molecule has 214 valence electrons. The third kappa shape index (κ3) is 10.5. The van der Waals surface area contributed by atoms with Crippen LogP contribution in [0.25, 0.3) is 0 Å². The Labute approximate surface area is 248 Å². The number of para-hydroxylation sites is 1. The molecular formula is C29H30Cl3NO7. The van der Waals surface area contributed by atoms with Crippen molar-refractivity contribution in [2.24, 2.45) is 0 Å². The molecule has 3 aromatic carbocycles. The number of ether oxygens (including phenoxy) is 4. The van der Waals surface area contributed by atoms with Gasteiger partial charge in [0.2, 0.25) is 0 Å². The van der Waals surface area contributed by atoms with E-state index >= 15 is 0 Å². The fourth-order valence-corrected chi connectivity index (χ4v) is 4.41. The second-order valence-electron chi connectivity index (χ2n) is 8.59. The number of carboxylic acid groups (broad SMARTS) is 1. The van der Waals surface area contributed by atoms with Crippen molar-refractivity contribution in [3.63, 3.8) is 0 Å².